The molecule has 1 aliphatic heterocycles. The second-order valence-corrected chi connectivity index (χ2v) is 11.8. The Morgan fingerprint density at radius 1 is 1.03 bits per heavy atom. The quantitative estimate of drug-likeness (QED) is 0.374. The Bertz CT molecular complexity index is 1600. The normalized spacial score (nSPS) is 21.9. The molecule has 4 aromatic rings. The van der Waals surface area contributed by atoms with Crippen molar-refractivity contribution in [3.8, 4) is 11.4 Å². The van der Waals surface area contributed by atoms with Gasteiger partial charge in [0.1, 0.15) is 5.69 Å². The summed E-state index contributed by atoms with van der Waals surface area (Å²) in [5.41, 5.74) is 6.62. The van der Waals surface area contributed by atoms with Crippen LogP contribution >= 0.6 is 0 Å². The molecule has 0 radical (unpaired) electrons. The minimum Gasteiger partial charge on any atom is -0.478 e. The van der Waals surface area contributed by atoms with E-state index in [0.29, 0.717) is 11.8 Å². The minimum absolute atomic E-state index is 0.0511. The summed E-state index contributed by atoms with van der Waals surface area (Å²) < 4.78 is 4.12. The number of pyridine rings is 1. The Morgan fingerprint density at radius 3 is 2.51 bits per heavy atom. The number of rotatable bonds is 6. The van der Waals surface area contributed by atoms with E-state index >= 15 is 0 Å². The molecule has 8 heteroatoms. The standard InChI is InChI=1S/C31H34N4O4/c1-18-26-12-9-22(31(38)39)17-35(26)32-28(18)27-13-21-3-2-4-25(29(21)34(27)14-19-5-6-19)23-15-33(16-23)30(37)20-7-10-24(36)11-8-20/h2-4,9,12-13,17,19-20,23-24,36H,5-8,10-11,14-16H2,1H3,(H,38,39)/t20-,24-. The fraction of sp³-hybridized carbons (Fsp3) is 0.452. The molecule has 1 amide bonds. The van der Waals surface area contributed by atoms with Crippen LogP contribution in [0.4, 0.5) is 0 Å². The maximum atomic E-state index is 13.1. The molecule has 0 atom stereocenters. The smallest absolute Gasteiger partial charge is 0.337 e. The van der Waals surface area contributed by atoms with Crippen molar-refractivity contribution in [1.29, 1.82) is 0 Å². The number of carbonyl (C=O) groups is 2. The van der Waals surface area contributed by atoms with Crippen LogP contribution in [0.1, 0.15) is 65.9 Å². The fourth-order valence-corrected chi connectivity index (χ4v) is 6.61. The van der Waals surface area contributed by atoms with E-state index in [-0.39, 0.29) is 23.5 Å². The number of carbonyl (C=O) groups excluding carboxylic acids is 1. The Kier molecular flexibility index (Phi) is 5.77. The largest absolute Gasteiger partial charge is 0.478 e. The zero-order chi connectivity index (χ0) is 26.8. The van der Waals surface area contributed by atoms with Crippen LogP contribution in [0.25, 0.3) is 27.8 Å². The number of carboxylic acids is 1. The number of fused-ring (bicyclic) bond motifs is 2. The summed E-state index contributed by atoms with van der Waals surface area (Å²) in [6, 6.07) is 12.2. The molecule has 0 spiro atoms. The highest BCUT2D eigenvalue weighted by Gasteiger charge is 2.38. The lowest BCUT2D eigenvalue weighted by Crippen LogP contribution is -2.51. The van der Waals surface area contributed by atoms with Gasteiger partial charge in [0.25, 0.3) is 0 Å². The molecule has 0 bridgehead atoms. The van der Waals surface area contributed by atoms with Crippen LogP contribution in [0.3, 0.4) is 0 Å². The first-order valence-electron chi connectivity index (χ1n) is 14.2. The van der Waals surface area contributed by atoms with Crippen molar-refractivity contribution in [1.82, 2.24) is 19.1 Å². The van der Waals surface area contributed by atoms with Gasteiger partial charge in [-0.05, 0) is 75.1 Å². The monoisotopic (exact) mass is 526 g/mol. The lowest BCUT2D eigenvalue weighted by atomic mass is 9.83. The van der Waals surface area contributed by atoms with E-state index in [9.17, 15) is 19.8 Å². The van der Waals surface area contributed by atoms with Crippen molar-refractivity contribution in [3.05, 3.63) is 59.3 Å². The van der Waals surface area contributed by atoms with Gasteiger partial charge in [0.05, 0.1) is 28.4 Å². The van der Waals surface area contributed by atoms with Gasteiger partial charge in [0.2, 0.25) is 5.91 Å². The number of likely N-dealkylation sites (tertiary alicyclic amines) is 1. The first-order chi connectivity index (χ1) is 18.9. The molecule has 8 nitrogen and oxygen atoms in total. The molecule has 3 fully saturated rings. The average Bonchev–Trinajstić information content (AvgIpc) is 3.57. The SMILES string of the molecule is Cc1c(-c2cc3cccc(C4CN(C(=O)[C@H]5CC[C@H](O)CC5)C4)c3n2CC2CC2)nn2cc(C(=O)O)ccc12. The zero-order valence-corrected chi connectivity index (χ0v) is 22.2. The van der Waals surface area contributed by atoms with Gasteiger partial charge in [-0.2, -0.15) is 5.10 Å². The fourth-order valence-electron chi connectivity index (χ4n) is 6.61. The number of aliphatic hydroxyl groups is 1. The molecule has 202 valence electrons. The van der Waals surface area contributed by atoms with Crippen LogP contribution in [0, 0.1) is 18.8 Å². The number of hydrogen-bond acceptors (Lipinski definition) is 4. The molecule has 3 aliphatic rings. The number of aryl methyl sites for hydroxylation is 1. The summed E-state index contributed by atoms with van der Waals surface area (Å²) >= 11 is 0. The van der Waals surface area contributed by atoms with Crippen LogP contribution in [-0.4, -0.2) is 60.4 Å². The first-order valence-corrected chi connectivity index (χ1v) is 14.2. The van der Waals surface area contributed by atoms with Gasteiger partial charge in [-0.1, -0.05) is 18.2 Å². The minimum atomic E-state index is -0.965. The highest BCUT2D eigenvalue weighted by atomic mass is 16.4. The maximum absolute atomic E-state index is 13.1. The van der Waals surface area contributed by atoms with Gasteiger partial charge in [-0.3, -0.25) is 4.79 Å². The van der Waals surface area contributed by atoms with Crippen molar-refractivity contribution in [2.45, 2.75) is 64.0 Å². The molecule has 3 aromatic heterocycles. The number of nitrogens with zero attached hydrogens (tertiary/aromatic N) is 4. The van der Waals surface area contributed by atoms with E-state index in [4.69, 9.17) is 5.10 Å². The highest BCUT2D eigenvalue weighted by Crippen LogP contribution is 2.41. The number of benzene rings is 1. The third kappa shape index (κ3) is 4.22. The summed E-state index contributed by atoms with van der Waals surface area (Å²) in [5.74, 6) is 0.293. The number of amides is 1. The number of hydrogen-bond donors (Lipinski definition) is 2. The van der Waals surface area contributed by atoms with Gasteiger partial charge in [0.15, 0.2) is 0 Å². The van der Waals surface area contributed by atoms with Crippen molar-refractivity contribution in [2.75, 3.05) is 13.1 Å². The molecule has 4 heterocycles. The van der Waals surface area contributed by atoms with Crippen molar-refractivity contribution in [3.63, 3.8) is 0 Å². The summed E-state index contributed by atoms with van der Waals surface area (Å²) in [4.78, 5) is 26.7. The van der Waals surface area contributed by atoms with E-state index < -0.39 is 5.97 Å². The molecule has 1 aromatic carbocycles. The van der Waals surface area contributed by atoms with Crippen LogP contribution in [0.2, 0.25) is 0 Å². The third-order valence-electron chi connectivity index (χ3n) is 9.13. The Balaban J connectivity index is 1.24. The zero-order valence-electron chi connectivity index (χ0n) is 22.2. The number of para-hydroxylation sites is 1. The van der Waals surface area contributed by atoms with Gasteiger partial charge < -0.3 is 19.7 Å². The van der Waals surface area contributed by atoms with Crippen LogP contribution in [-0.2, 0) is 11.3 Å². The van der Waals surface area contributed by atoms with Gasteiger partial charge in [-0.15, -0.1) is 0 Å². The summed E-state index contributed by atoms with van der Waals surface area (Å²) in [6.07, 6.45) is 6.83. The lowest BCUT2D eigenvalue weighted by molar-refractivity contribution is -0.141. The summed E-state index contributed by atoms with van der Waals surface area (Å²) in [6.45, 7) is 4.47. The Hall–Kier alpha value is -3.65. The predicted octanol–water partition coefficient (Wildman–Crippen LogP) is 4.85. The van der Waals surface area contributed by atoms with Crippen molar-refractivity contribution < 1.29 is 19.8 Å². The number of aliphatic hydroxyl groups excluding tert-OH is 1. The first kappa shape index (κ1) is 24.4. The number of aromatic nitrogens is 3. The van der Waals surface area contributed by atoms with E-state index in [1.165, 1.54) is 29.3 Å². The van der Waals surface area contributed by atoms with Gasteiger partial charge >= 0.3 is 5.97 Å². The predicted molar refractivity (Wildman–Crippen MR) is 148 cm³/mol. The molecule has 7 rings (SSSR count). The van der Waals surface area contributed by atoms with E-state index in [2.05, 4.69) is 35.8 Å². The topological polar surface area (TPSA) is 100 Å². The summed E-state index contributed by atoms with van der Waals surface area (Å²) in [5, 5.41) is 25.3. The second kappa shape index (κ2) is 9.23. The second-order valence-electron chi connectivity index (χ2n) is 11.8. The van der Waals surface area contributed by atoms with Crippen LogP contribution in [0.15, 0.2) is 42.6 Å². The maximum Gasteiger partial charge on any atom is 0.337 e. The lowest BCUT2D eigenvalue weighted by Gasteiger charge is -2.42. The van der Waals surface area contributed by atoms with Crippen LogP contribution in [0.5, 0.6) is 0 Å². The molecular formula is C31H34N4O4. The van der Waals surface area contributed by atoms with E-state index in [1.807, 2.05) is 11.0 Å². The number of aromatic carboxylic acids is 1. The third-order valence-corrected chi connectivity index (χ3v) is 9.13. The van der Waals surface area contributed by atoms with Crippen molar-refractivity contribution >= 4 is 28.3 Å². The van der Waals surface area contributed by atoms with Crippen molar-refractivity contribution in [2.24, 2.45) is 11.8 Å². The molecule has 0 unspecified atom stereocenters. The molecule has 39 heavy (non-hydrogen) atoms. The Morgan fingerprint density at radius 2 is 1.79 bits per heavy atom. The van der Waals surface area contributed by atoms with Crippen LogP contribution < -0.4 is 0 Å². The summed E-state index contributed by atoms with van der Waals surface area (Å²) in [7, 11) is 0. The van der Waals surface area contributed by atoms with Gasteiger partial charge in [-0.25, -0.2) is 9.31 Å². The Labute approximate surface area is 226 Å². The molecular weight excluding hydrogens is 492 g/mol. The molecule has 1 saturated heterocycles. The average molecular weight is 527 g/mol. The molecule has 2 saturated carbocycles. The molecule has 2 N–H and O–H groups in total. The highest BCUT2D eigenvalue weighted by molar-refractivity contribution is 5.92. The van der Waals surface area contributed by atoms with E-state index in [1.54, 1.807) is 16.8 Å². The molecule has 2 aliphatic carbocycles. The van der Waals surface area contributed by atoms with Gasteiger partial charge in [0, 0.05) is 48.6 Å². The number of carboxylic acid groups (broad SMARTS) is 1. The van der Waals surface area contributed by atoms with E-state index in [0.717, 1.165) is 67.8 Å².